The summed E-state index contributed by atoms with van der Waals surface area (Å²) in [6.07, 6.45) is 7.11. The van der Waals surface area contributed by atoms with Crippen LogP contribution < -0.4 is 0 Å². The molecule has 144 heavy (non-hydrogen) atoms. The summed E-state index contributed by atoms with van der Waals surface area (Å²) < 4.78 is 141. The molecule has 8 fully saturated rings. The van der Waals surface area contributed by atoms with Gasteiger partial charge in [0.1, 0.15) is 5.82 Å². The number of methoxy groups -OCH3 is 2. The minimum absolute atomic E-state index is 0.0164. The largest absolute Gasteiger partial charge is 0.395 e. The third-order valence-electron chi connectivity index (χ3n) is 31.5. The fraction of sp³-hybridized carbons (Fsp3) is 0.395. The van der Waals surface area contributed by atoms with E-state index >= 15 is 0 Å². The Labute approximate surface area is 854 Å². The number of ether oxygens (including phenoxy) is 2. The van der Waals surface area contributed by atoms with Crippen molar-refractivity contribution < 1.29 is 57.7 Å². The van der Waals surface area contributed by atoms with Crippen molar-refractivity contribution in [2.45, 2.75) is 205 Å². The van der Waals surface area contributed by atoms with E-state index < -0.39 is 40.1 Å². The van der Waals surface area contributed by atoms with Gasteiger partial charge in [0.25, 0.3) is 0 Å². The zero-order valence-electron chi connectivity index (χ0n) is 85.0. The monoisotopic (exact) mass is 2020 g/mol. The van der Waals surface area contributed by atoms with E-state index in [1.807, 2.05) is 107 Å². The normalized spacial score (nSPS) is 23.4. The molecular weight excluding hydrogens is 1880 g/mol. The maximum atomic E-state index is 13.7. The highest BCUT2D eigenvalue weighted by atomic mass is 32.2. The molecule has 12 atom stereocenters. The topological polar surface area (TPSA) is 221 Å². The Balaban J connectivity index is 0.000000132. The molecule has 0 saturated carbocycles. The van der Waals surface area contributed by atoms with E-state index in [1.165, 1.54) is 78.9 Å². The highest BCUT2D eigenvalue weighted by Crippen LogP contribution is 2.49. The Morgan fingerprint density at radius 3 is 0.889 bits per heavy atom. The van der Waals surface area contributed by atoms with Gasteiger partial charge in [-0.15, -0.1) is 0 Å². The minimum Gasteiger partial charge on any atom is -0.395 e. The molecular formula is C119H141FN8O12S4. The predicted octanol–water partition coefficient (Wildman–Crippen LogP) is 20.1. The second kappa shape index (κ2) is 46.1. The lowest BCUT2D eigenvalue weighted by Gasteiger charge is -2.57. The van der Waals surface area contributed by atoms with E-state index in [0.29, 0.717) is 85.2 Å². The van der Waals surface area contributed by atoms with Crippen LogP contribution in [0.4, 0.5) is 4.39 Å². The number of hydrogen-bond acceptors (Lipinski definition) is 16. The summed E-state index contributed by atoms with van der Waals surface area (Å²) in [7, 11) is -10.9. The second-order valence-electron chi connectivity index (χ2n) is 40.7. The molecule has 0 amide bonds. The second-order valence-corrected chi connectivity index (χ2v) is 48.3. The zero-order chi connectivity index (χ0) is 101. The average molecular weight is 2020 g/mol. The van der Waals surface area contributed by atoms with Crippen molar-refractivity contribution >= 4 is 40.1 Å². The Morgan fingerprint density at radius 1 is 0.271 bits per heavy atom. The lowest BCUT2D eigenvalue weighted by atomic mass is 9.74. The van der Waals surface area contributed by atoms with Crippen molar-refractivity contribution in [2.75, 3.05) is 119 Å². The third-order valence-corrected chi connectivity index (χ3v) is 39.6. The van der Waals surface area contributed by atoms with Gasteiger partial charge >= 0.3 is 0 Å². The molecule has 8 aliphatic heterocycles. The Morgan fingerprint density at radius 2 is 0.562 bits per heavy atom. The van der Waals surface area contributed by atoms with Crippen molar-refractivity contribution in [3.63, 3.8) is 0 Å². The number of aliphatic hydroxyl groups is 2. The van der Waals surface area contributed by atoms with Crippen LogP contribution in [0.1, 0.15) is 147 Å². The number of hydrogen-bond donors (Lipinski definition) is 2. The van der Waals surface area contributed by atoms with Crippen molar-refractivity contribution in [3.8, 4) is 44.5 Å². The number of halogens is 1. The highest BCUT2D eigenvalue weighted by Gasteiger charge is 2.55. The smallest absolute Gasteiger partial charge is 0.243 e. The first kappa shape index (κ1) is 105. The van der Waals surface area contributed by atoms with Crippen LogP contribution in [0, 0.1) is 68.1 Å². The standard InChI is InChI=1S/C31H38N2O3S.C30H36N2O3S.C29H33FN2O3S.C29H34N2O3S/c1-22-17-23(2)19-27(18-22)25-11-13-26(14-12-25)31-28-20-32(15-7-8-16-33(28)29(31)21-36-4)37(34,35)30-10-6-5-9-24(30)3;1-21-10-11-22(2)26(18-21)24-12-14-25(15-13-24)30-27-19-31(16-6-7-17-32(27)28(30)20-33)36(34,35)29-9-5-4-8-23(29)3;1-21-8-3-4-11-28(21)36(33,34)31-16-5-6-17-32-26(19-31)29(27(32)20-35-2)23-14-12-22(13-15-23)24-9-7-10-25(30)18-24;1-21-9-3-5-11-25(21)23-13-15-24(16-14-23)29-26-19-30(17-7-8-18-31(26)27(29)20-32)35(33,34)28-12-6-4-10-22(28)2/h5-6,9-14,17-19,28-29,31H,7-8,15-16,20-21H2,1-4H3;4-5,8-15,18,27-28,30,33H,6-7,16-17,19-20H2,1-3H3;3-4,7-15,18,26-27,29H,5-6,16-17,19-20H2,1-2H3;3-6,9-16,26-27,29,32H,7-8,17-20H2,1-2H3/t28?,29-,31+;27?,28-,30+;2*26?,27-,29+/m1111/s1. The molecule has 0 aromatic heterocycles. The van der Waals surface area contributed by atoms with Gasteiger partial charge in [-0.1, -0.05) is 259 Å². The molecule has 25 heteroatoms. The van der Waals surface area contributed by atoms with Gasteiger partial charge in [0.15, 0.2) is 0 Å². The predicted molar refractivity (Wildman–Crippen MR) is 574 cm³/mol. The molecule has 12 aromatic carbocycles. The lowest BCUT2D eigenvalue weighted by molar-refractivity contribution is -0.0635. The summed E-state index contributed by atoms with van der Waals surface area (Å²) in [6.45, 7) is 27.1. The Hall–Kier alpha value is -10.1. The molecule has 760 valence electrons. The van der Waals surface area contributed by atoms with Gasteiger partial charge in [-0.2, -0.15) is 17.2 Å². The van der Waals surface area contributed by atoms with Gasteiger partial charge in [-0.05, 0) is 276 Å². The molecule has 2 N–H and O–H groups in total. The van der Waals surface area contributed by atoms with Gasteiger partial charge in [-0.3, -0.25) is 19.6 Å². The SMILES string of the molecule is COC[C@@H]1[C@@H](c2ccc(-c3cc(C)cc(C)c3)cc2)C2CN(S(=O)(=O)c3ccccc3C)CCCCN21.COC[C@@H]1[C@@H](c2ccc(-c3cccc(F)c3)cc2)C2CN(S(=O)(=O)c3ccccc3C)CCCCN21.Cc1ccc(C)c(-c2ccc([C@H]3C4CN(S(=O)(=O)c5ccccc5C)CCCCN4[C@@H]3CO)cc2)c1.Cc1ccccc1-c1ccc([C@H]2C3CN(S(=O)(=O)c4ccccc4C)CCCCN3[C@@H]2CO)cc1. The summed E-state index contributed by atoms with van der Waals surface area (Å²) in [5.41, 5.74) is 23.1. The van der Waals surface area contributed by atoms with Crippen molar-refractivity contribution in [2.24, 2.45) is 0 Å². The first-order valence-electron chi connectivity index (χ1n) is 51.3. The number of benzene rings is 12. The minimum atomic E-state index is -3.60. The maximum absolute atomic E-state index is 13.7. The maximum Gasteiger partial charge on any atom is 0.243 e. The highest BCUT2D eigenvalue weighted by molar-refractivity contribution is 7.90. The first-order chi connectivity index (χ1) is 69.4. The van der Waals surface area contributed by atoms with Crippen molar-refractivity contribution in [3.05, 3.63) is 357 Å². The molecule has 0 aliphatic carbocycles. The van der Waals surface area contributed by atoms with Gasteiger partial charge in [0.05, 0.1) is 46.0 Å². The van der Waals surface area contributed by atoms with Crippen LogP contribution in [0.5, 0.6) is 0 Å². The molecule has 0 bridgehead atoms. The van der Waals surface area contributed by atoms with E-state index in [2.05, 4.69) is 194 Å². The van der Waals surface area contributed by atoms with E-state index in [9.17, 15) is 48.3 Å². The number of fused-ring (bicyclic) bond motifs is 4. The fourth-order valence-electron chi connectivity index (χ4n) is 24.1. The van der Waals surface area contributed by atoms with E-state index in [1.54, 1.807) is 80.0 Å². The Bertz CT molecular complexity index is 6920. The van der Waals surface area contributed by atoms with Crippen LogP contribution in [0.2, 0.25) is 0 Å². The van der Waals surface area contributed by atoms with E-state index in [4.69, 9.17) is 9.47 Å². The number of aliphatic hydroxyl groups excluding tert-OH is 2. The van der Waals surface area contributed by atoms with Gasteiger partial charge in [-0.25, -0.2) is 38.1 Å². The first-order valence-corrected chi connectivity index (χ1v) is 57.0. The number of rotatable bonds is 22. The number of sulfonamides is 4. The molecule has 8 aliphatic rings. The van der Waals surface area contributed by atoms with Gasteiger partial charge < -0.3 is 19.7 Å². The molecule has 8 saturated heterocycles. The van der Waals surface area contributed by atoms with Crippen LogP contribution in [0.3, 0.4) is 0 Å². The summed E-state index contributed by atoms with van der Waals surface area (Å²) in [5.74, 6) is 0.310. The van der Waals surface area contributed by atoms with Gasteiger partial charge in [0, 0.05) is 139 Å². The Kier molecular flexibility index (Phi) is 33.7. The molecule has 0 radical (unpaired) electrons. The van der Waals surface area contributed by atoms with Crippen LogP contribution >= 0.6 is 0 Å². The molecule has 0 spiro atoms. The number of nitrogens with zero attached hydrogens (tertiary/aromatic N) is 8. The third kappa shape index (κ3) is 22.4. The van der Waals surface area contributed by atoms with Crippen LogP contribution in [0.25, 0.3) is 44.5 Å². The fourth-order valence-corrected chi connectivity index (χ4v) is 31.0. The van der Waals surface area contributed by atoms with E-state index in [-0.39, 0.29) is 91.0 Å². The molecule has 20 nitrogen and oxygen atoms in total. The summed E-state index contributed by atoms with van der Waals surface area (Å²) in [6, 6.07) is 92.3. The summed E-state index contributed by atoms with van der Waals surface area (Å²) >= 11 is 0. The molecule has 20 rings (SSSR count). The zero-order valence-corrected chi connectivity index (χ0v) is 88.3. The molecule has 12 aromatic rings. The average Bonchev–Trinajstić information content (AvgIpc) is 0.745. The molecule has 8 heterocycles. The van der Waals surface area contributed by atoms with Crippen molar-refractivity contribution in [1.29, 1.82) is 0 Å². The summed E-state index contributed by atoms with van der Waals surface area (Å²) in [5, 5.41) is 20.5. The quantitative estimate of drug-likeness (QED) is 0.0644. The van der Waals surface area contributed by atoms with Crippen molar-refractivity contribution in [1.82, 2.24) is 36.8 Å². The van der Waals surface area contributed by atoms with Crippen LogP contribution in [0.15, 0.2) is 299 Å². The van der Waals surface area contributed by atoms with Gasteiger partial charge in [0.2, 0.25) is 40.1 Å². The number of aryl methyl sites for hydroxylation is 9. The lowest BCUT2D eigenvalue weighted by Crippen LogP contribution is -2.68. The molecule has 4 unspecified atom stereocenters. The van der Waals surface area contributed by atoms with E-state index in [0.717, 1.165) is 128 Å². The van der Waals surface area contributed by atoms with Crippen LogP contribution in [-0.2, 0) is 49.6 Å². The van der Waals surface area contributed by atoms with Crippen LogP contribution in [-0.4, -0.2) is 248 Å². The summed E-state index contributed by atoms with van der Waals surface area (Å²) in [4.78, 5) is 11.1.